The van der Waals surface area contributed by atoms with Crippen molar-refractivity contribution in [2.24, 2.45) is 0 Å². The summed E-state index contributed by atoms with van der Waals surface area (Å²) in [6.07, 6.45) is 3.15. The van der Waals surface area contributed by atoms with Crippen molar-refractivity contribution in [2.45, 2.75) is 13.5 Å². The van der Waals surface area contributed by atoms with E-state index in [1.165, 1.54) is 6.20 Å². The molecule has 0 amide bonds. The summed E-state index contributed by atoms with van der Waals surface area (Å²) in [6.45, 7) is 2.28. The fraction of sp³-hybridized carbons (Fsp3) is 0.250. The second-order valence-electron chi connectivity index (χ2n) is 2.83. The topological polar surface area (TPSA) is 80.5 Å². The first-order chi connectivity index (χ1) is 6.79. The van der Waals surface area contributed by atoms with Gasteiger partial charge >= 0.3 is 0 Å². The molecule has 0 fully saturated rings. The molecule has 6 heteroatoms. The molecular weight excluding hydrogens is 182 g/mol. The molecule has 70 valence electrons. The molecule has 0 bridgehead atoms. The van der Waals surface area contributed by atoms with Gasteiger partial charge in [-0.25, -0.2) is 4.63 Å². The van der Waals surface area contributed by atoms with Crippen LogP contribution in [0.2, 0.25) is 0 Å². The van der Waals surface area contributed by atoms with Crippen LogP contribution in [-0.2, 0) is 6.54 Å². The fourth-order valence-electron chi connectivity index (χ4n) is 1.05. The summed E-state index contributed by atoms with van der Waals surface area (Å²) in [5.74, 6) is 0. The molecule has 14 heavy (non-hydrogen) atoms. The van der Waals surface area contributed by atoms with Crippen LogP contribution in [-0.4, -0.2) is 20.1 Å². The maximum absolute atomic E-state index is 8.58. The Kier molecular flexibility index (Phi) is 1.99. The van der Waals surface area contributed by atoms with Crippen LogP contribution in [0.5, 0.6) is 0 Å². The number of rotatable bonds is 2. The Morgan fingerprint density at radius 1 is 1.57 bits per heavy atom. The lowest BCUT2D eigenvalue weighted by Crippen LogP contribution is -2.01. The van der Waals surface area contributed by atoms with Gasteiger partial charge in [0.25, 0.3) is 0 Å². The van der Waals surface area contributed by atoms with Gasteiger partial charge < -0.3 is 0 Å². The van der Waals surface area contributed by atoms with E-state index in [4.69, 9.17) is 5.26 Å². The Labute approximate surface area is 79.7 Å². The minimum Gasteiger partial charge on any atom is -0.265 e. The van der Waals surface area contributed by atoms with E-state index < -0.39 is 0 Å². The molecule has 6 nitrogen and oxygen atoms in total. The molecule has 0 N–H and O–H groups in total. The number of hydrogen-bond donors (Lipinski definition) is 0. The third kappa shape index (κ3) is 1.47. The summed E-state index contributed by atoms with van der Waals surface area (Å²) in [5, 5.41) is 19.9. The van der Waals surface area contributed by atoms with Gasteiger partial charge in [-0.2, -0.15) is 10.4 Å². The van der Waals surface area contributed by atoms with Crippen molar-refractivity contribution in [3.63, 3.8) is 0 Å². The molecule has 0 unspecified atom stereocenters. The largest absolute Gasteiger partial charge is 0.265 e. The van der Waals surface area contributed by atoms with Crippen LogP contribution in [0.25, 0.3) is 0 Å². The highest BCUT2D eigenvalue weighted by atomic mass is 16.6. The Balaban J connectivity index is 2.20. The van der Waals surface area contributed by atoms with Gasteiger partial charge in [0, 0.05) is 6.20 Å². The van der Waals surface area contributed by atoms with Crippen molar-refractivity contribution in [2.75, 3.05) is 0 Å². The maximum Gasteiger partial charge on any atom is 0.129 e. The van der Waals surface area contributed by atoms with Crippen molar-refractivity contribution in [3.05, 3.63) is 29.3 Å². The molecule has 2 rings (SSSR count). The third-order valence-electron chi connectivity index (χ3n) is 1.82. The number of nitrogens with zero attached hydrogens (tertiary/aromatic N) is 5. The molecule has 2 aromatic rings. The van der Waals surface area contributed by atoms with Crippen LogP contribution in [0.3, 0.4) is 0 Å². The van der Waals surface area contributed by atoms with E-state index in [0.29, 0.717) is 12.1 Å². The van der Waals surface area contributed by atoms with E-state index in [0.717, 1.165) is 11.4 Å². The SMILES string of the molecule is Cc1nonc1Cn1cc(C#N)cn1. The molecule has 2 heterocycles. The van der Waals surface area contributed by atoms with E-state index in [1.54, 1.807) is 17.8 Å². The third-order valence-corrected chi connectivity index (χ3v) is 1.82. The predicted molar refractivity (Wildman–Crippen MR) is 45.1 cm³/mol. The van der Waals surface area contributed by atoms with Gasteiger partial charge in [0.2, 0.25) is 0 Å². The summed E-state index contributed by atoms with van der Waals surface area (Å²) in [5.41, 5.74) is 1.98. The van der Waals surface area contributed by atoms with E-state index in [-0.39, 0.29) is 0 Å². The molecule has 0 saturated heterocycles. The Hall–Kier alpha value is -2.16. The predicted octanol–water partition coefficient (Wildman–Crippen LogP) is 0.494. The zero-order valence-corrected chi connectivity index (χ0v) is 7.51. The zero-order valence-electron chi connectivity index (χ0n) is 7.51. The van der Waals surface area contributed by atoms with E-state index >= 15 is 0 Å². The zero-order chi connectivity index (χ0) is 9.97. The van der Waals surface area contributed by atoms with Crippen molar-refractivity contribution in [1.82, 2.24) is 20.1 Å². The molecule has 0 atom stereocenters. The summed E-state index contributed by atoms with van der Waals surface area (Å²) < 4.78 is 6.16. The highest BCUT2D eigenvalue weighted by molar-refractivity contribution is 5.22. The molecule has 0 aliphatic heterocycles. The summed E-state index contributed by atoms with van der Waals surface area (Å²) in [4.78, 5) is 0. The summed E-state index contributed by atoms with van der Waals surface area (Å²) in [6, 6.07) is 2.00. The van der Waals surface area contributed by atoms with E-state index in [1.807, 2.05) is 6.07 Å². The van der Waals surface area contributed by atoms with Crippen LogP contribution < -0.4 is 0 Å². The smallest absolute Gasteiger partial charge is 0.129 e. The van der Waals surface area contributed by atoms with Gasteiger partial charge in [0.15, 0.2) is 0 Å². The van der Waals surface area contributed by atoms with Gasteiger partial charge in [-0.05, 0) is 6.92 Å². The second kappa shape index (κ2) is 3.30. The summed E-state index contributed by atoms with van der Waals surface area (Å²) in [7, 11) is 0. The first-order valence-electron chi connectivity index (χ1n) is 4.00. The quantitative estimate of drug-likeness (QED) is 0.686. The minimum atomic E-state index is 0.469. The standard InChI is InChI=1S/C8H7N5O/c1-6-8(12-14-11-6)5-13-4-7(2-9)3-10-13/h3-4H,5H2,1H3. The number of aromatic nitrogens is 4. The number of hydrogen-bond acceptors (Lipinski definition) is 5. The van der Waals surface area contributed by atoms with Gasteiger partial charge in [0.1, 0.15) is 17.5 Å². The molecule has 0 saturated carbocycles. The van der Waals surface area contributed by atoms with Crippen LogP contribution in [0.15, 0.2) is 17.0 Å². The molecule has 2 aromatic heterocycles. The molecule has 0 aliphatic rings. The van der Waals surface area contributed by atoms with E-state index in [9.17, 15) is 0 Å². The molecule has 0 aromatic carbocycles. The Morgan fingerprint density at radius 3 is 3.00 bits per heavy atom. The second-order valence-corrected chi connectivity index (χ2v) is 2.83. The Morgan fingerprint density at radius 2 is 2.43 bits per heavy atom. The summed E-state index contributed by atoms with van der Waals surface area (Å²) >= 11 is 0. The minimum absolute atomic E-state index is 0.469. The first-order valence-corrected chi connectivity index (χ1v) is 4.00. The van der Waals surface area contributed by atoms with Crippen molar-refractivity contribution < 1.29 is 4.63 Å². The molecular formula is C8H7N5O. The lowest BCUT2D eigenvalue weighted by molar-refractivity contribution is 0.300. The maximum atomic E-state index is 8.58. The number of nitriles is 1. The Bertz CT molecular complexity index is 478. The highest BCUT2D eigenvalue weighted by Crippen LogP contribution is 2.03. The van der Waals surface area contributed by atoms with Crippen molar-refractivity contribution in [1.29, 1.82) is 5.26 Å². The van der Waals surface area contributed by atoms with Gasteiger partial charge in [-0.3, -0.25) is 4.68 Å². The number of aryl methyl sites for hydroxylation is 1. The fourth-order valence-corrected chi connectivity index (χ4v) is 1.05. The highest BCUT2D eigenvalue weighted by Gasteiger charge is 2.06. The van der Waals surface area contributed by atoms with Gasteiger partial charge in [-0.1, -0.05) is 10.3 Å². The van der Waals surface area contributed by atoms with Crippen LogP contribution in [0.1, 0.15) is 17.0 Å². The lowest BCUT2D eigenvalue weighted by Gasteiger charge is -1.95. The van der Waals surface area contributed by atoms with Gasteiger partial charge in [-0.15, -0.1) is 0 Å². The van der Waals surface area contributed by atoms with Crippen LogP contribution in [0.4, 0.5) is 0 Å². The normalized spacial score (nSPS) is 10.0. The lowest BCUT2D eigenvalue weighted by atomic mass is 10.3. The van der Waals surface area contributed by atoms with Crippen molar-refractivity contribution in [3.8, 4) is 6.07 Å². The molecule has 0 aliphatic carbocycles. The monoisotopic (exact) mass is 189 g/mol. The average molecular weight is 189 g/mol. The van der Waals surface area contributed by atoms with Crippen molar-refractivity contribution >= 4 is 0 Å². The van der Waals surface area contributed by atoms with Crippen LogP contribution in [0, 0.1) is 18.3 Å². The van der Waals surface area contributed by atoms with Gasteiger partial charge in [0.05, 0.1) is 18.3 Å². The van der Waals surface area contributed by atoms with Crippen LogP contribution >= 0.6 is 0 Å². The average Bonchev–Trinajstić information content (AvgIpc) is 2.77. The first kappa shape index (κ1) is 8.44. The molecule has 0 spiro atoms. The molecule has 0 radical (unpaired) electrons. The van der Waals surface area contributed by atoms with E-state index in [2.05, 4.69) is 20.0 Å².